The van der Waals surface area contributed by atoms with E-state index >= 15 is 0 Å². The van der Waals surface area contributed by atoms with Crippen LogP contribution in [0.2, 0.25) is 0 Å². The first kappa shape index (κ1) is 14.0. The second kappa shape index (κ2) is 8.08. The molecule has 0 bridgehead atoms. The van der Waals surface area contributed by atoms with E-state index in [4.69, 9.17) is 0 Å². The zero-order valence-electron chi connectivity index (χ0n) is 11.5. The summed E-state index contributed by atoms with van der Waals surface area (Å²) in [7, 11) is 2.23. The minimum absolute atomic E-state index is 0.887. The fourth-order valence-electron chi connectivity index (χ4n) is 2.31. The molecule has 0 saturated carbocycles. The van der Waals surface area contributed by atoms with Crippen molar-refractivity contribution in [2.24, 2.45) is 5.92 Å². The van der Waals surface area contributed by atoms with E-state index in [-0.39, 0.29) is 0 Å². The second-order valence-corrected chi connectivity index (χ2v) is 5.74. The minimum atomic E-state index is 0.887. The van der Waals surface area contributed by atoms with Crippen molar-refractivity contribution in [3.05, 3.63) is 0 Å². The van der Waals surface area contributed by atoms with Gasteiger partial charge < -0.3 is 9.80 Å². The largest absolute Gasteiger partial charge is 0.304 e. The first-order valence-corrected chi connectivity index (χ1v) is 7.09. The number of rotatable bonds is 7. The summed E-state index contributed by atoms with van der Waals surface area (Å²) in [4.78, 5) is 5.06. The Kier molecular flexibility index (Phi) is 7.06. The molecular formula is C14H30N2. The number of hydrogen-bond acceptors (Lipinski definition) is 2. The summed E-state index contributed by atoms with van der Waals surface area (Å²) in [5.41, 5.74) is 0. The Morgan fingerprint density at radius 2 is 1.50 bits per heavy atom. The van der Waals surface area contributed by atoms with Crippen molar-refractivity contribution in [1.29, 1.82) is 0 Å². The summed E-state index contributed by atoms with van der Waals surface area (Å²) in [5, 5.41) is 0. The van der Waals surface area contributed by atoms with Crippen LogP contribution in [-0.2, 0) is 0 Å². The molecule has 0 aromatic rings. The van der Waals surface area contributed by atoms with Crippen molar-refractivity contribution in [2.45, 2.75) is 46.0 Å². The molecule has 1 aliphatic rings. The lowest BCUT2D eigenvalue weighted by atomic mass is 10.0. The standard InChI is InChI=1S/C14H30N2/c1-14(2)8-6-4-5-7-9-16-12-10-15(3)11-13-16/h14H,4-13H2,1-3H3. The zero-order valence-corrected chi connectivity index (χ0v) is 11.5. The smallest absolute Gasteiger partial charge is 0.0110 e. The monoisotopic (exact) mass is 226 g/mol. The number of nitrogens with zero attached hydrogens (tertiary/aromatic N) is 2. The van der Waals surface area contributed by atoms with Crippen molar-refractivity contribution < 1.29 is 0 Å². The third kappa shape index (κ3) is 6.49. The van der Waals surface area contributed by atoms with Crippen LogP contribution in [-0.4, -0.2) is 49.6 Å². The van der Waals surface area contributed by atoms with Gasteiger partial charge in [0.15, 0.2) is 0 Å². The molecule has 96 valence electrons. The lowest BCUT2D eigenvalue weighted by Crippen LogP contribution is -2.44. The Hall–Kier alpha value is -0.0800. The SMILES string of the molecule is CC(C)CCCCCCN1CCN(C)CC1. The van der Waals surface area contributed by atoms with Gasteiger partial charge in [0, 0.05) is 26.2 Å². The maximum Gasteiger partial charge on any atom is 0.0110 e. The van der Waals surface area contributed by atoms with Crippen LogP contribution >= 0.6 is 0 Å². The third-order valence-electron chi connectivity index (χ3n) is 3.60. The van der Waals surface area contributed by atoms with E-state index in [2.05, 4.69) is 30.7 Å². The van der Waals surface area contributed by atoms with Gasteiger partial charge in [-0.15, -0.1) is 0 Å². The van der Waals surface area contributed by atoms with Crippen molar-refractivity contribution in [1.82, 2.24) is 9.80 Å². The molecular weight excluding hydrogens is 196 g/mol. The van der Waals surface area contributed by atoms with Crippen LogP contribution in [0.25, 0.3) is 0 Å². The van der Waals surface area contributed by atoms with Gasteiger partial charge >= 0.3 is 0 Å². The normalized spacial score (nSPS) is 19.5. The van der Waals surface area contributed by atoms with E-state index < -0.39 is 0 Å². The molecule has 1 rings (SSSR count). The third-order valence-corrected chi connectivity index (χ3v) is 3.60. The van der Waals surface area contributed by atoms with E-state index in [1.807, 2.05) is 0 Å². The highest BCUT2D eigenvalue weighted by Gasteiger charge is 2.12. The van der Waals surface area contributed by atoms with Gasteiger partial charge in [-0.25, -0.2) is 0 Å². The van der Waals surface area contributed by atoms with Gasteiger partial charge in [0.2, 0.25) is 0 Å². The maximum absolute atomic E-state index is 2.63. The van der Waals surface area contributed by atoms with Gasteiger partial charge in [-0.1, -0.05) is 39.5 Å². The molecule has 0 aliphatic carbocycles. The maximum atomic E-state index is 2.63. The Balaban J connectivity index is 1.87. The average molecular weight is 226 g/mol. The predicted octanol–water partition coefficient (Wildman–Crippen LogP) is 2.84. The number of likely N-dealkylation sites (N-methyl/N-ethyl adjacent to an activating group) is 1. The van der Waals surface area contributed by atoms with Gasteiger partial charge in [0.25, 0.3) is 0 Å². The Bertz CT molecular complexity index is 160. The summed E-state index contributed by atoms with van der Waals surface area (Å²) >= 11 is 0. The summed E-state index contributed by atoms with van der Waals surface area (Å²) in [6, 6.07) is 0. The van der Waals surface area contributed by atoms with Crippen molar-refractivity contribution in [2.75, 3.05) is 39.8 Å². The van der Waals surface area contributed by atoms with Crippen molar-refractivity contribution in [3.8, 4) is 0 Å². The molecule has 1 fully saturated rings. The highest BCUT2D eigenvalue weighted by atomic mass is 15.2. The number of hydrogen-bond donors (Lipinski definition) is 0. The number of unbranched alkanes of at least 4 members (excludes halogenated alkanes) is 3. The highest BCUT2D eigenvalue weighted by Crippen LogP contribution is 2.10. The lowest BCUT2D eigenvalue weighted by molar-refractivity contribution is 0.152. The summed E-state index contributed by atoms with van der Waals surface area (Å²) < 4.78 is 0. The van der Waals surface area contributed by atoms with E-state index in [1.165, 1.54) is 64.8 Å². The molecule has 1 aliphatic heterocycles. The molecule has 0 aromatic heterocycles. The molecule has 2 heteroatoms. The van der Waals surface area contributed by atoms with Crippen molar-refractivity contribution >= 4 is 0 Å². The van der Waals surface area contributed by atoms with Gasteiger partial charge in [-0.2, -0.15) is 0 Å². The van der Waals surface area contributed by atoms with Crippen LogP contribution in [0.3, 0.4) is 0 Å². The van der Waals surface area contributed by atoms with Crippen LogP contribution < -0.4 is 0 Å². The lowest BCUT2D eigenvalue weighted by Gasteiger charge is -2.32. The fraction of sp³-hybridized carbons (Fsp3) is 1.00. The molecule has 1 heterocycles. The first-order valence-electron chi connectivity index (χ1n) is 7.09. The van der Waals surface area contributed by atoms with Gasteiger partial charge in [-0.3, -0.25) is 0 Å². The van der Waals surface area contributed by atoms with Crippen LogP contribution in [0.5, 0.6) is 0 Å². The molecule has 0 N–H and O–H groups in total. The van der Waals surface area contributed by atoms with Gasteiger partial charge in [0.05, 0.1) is 0 Å². The average Bonchev–Trinajstić information content (AvgIpc) is 2.25. The fourth-order valence-corrected chi connectivity index (χ4v) is 2.31. The predicted molar refractivity (Wildman–Crippen MR) is 71.9 cm³/mol. The second-order valence-electron chi connectivity index (χ2n) is 5.74. The molecule has 1 saturated heterocycles. The first-order chi connectivity index (χ1) is 7.68. The van der Waals surface area contributed by atoms with E-state index in [1.54, 1.807) is 0 Å². The van der Waals surface area contributed by atoms with Crippen molar-refractivity contribution in [3.63, 3.8) is 0 Å². The van der Waals surface area contributed by atoms with Crippen LogP contribution in [0, 0.1) is 5.92 Å². The zero-order chi connectivity index (χ0) is 11.8. The molecule has 0 aromatic carbocycles. The molecule has 0 unspecified atom stereocenters. The molecule has 0 atom stereocenters. The molecule has 0 radical (unpaired) electrons. The summed E-state index contributed by atoms with van der Waals surface area (Å²) in [6.45, 7) is 11.1. The quantitative estimate of drug-likeness (QED) is 0.616. The summed E-state index contributed by atoms with van der Waals surface area (Å²) in [5.74, 6) is 0.887. The molecule has 0 spiro atoms. The summed E-state index contributed by atoms with van der Waals surface area (Å²) in [6.07, 6.45) is 7.11. The van der Waals surface area contributed by atoms with E-state index in [0.717, 1.165) is 5.92 Å². The Morgan fingerprint density at radius 3 is 2.12 bits per heavy atom. The Morgan fingerprint density at radius 1 is 0.875 bits per heavy atom. The molecule has 2 nitrogen and oxygen atoms in total. The van der Waals surface area contributed by atoms with Crippen LogP contribution in [0.15, 0.2) is 0 Å². The molecule has 0 amide bonds. The number of piperazine rings is 1. The van der Waals surface area contributed by atoms with Crippen LogP contribution in [0.4, 0.5) is 0 Å². The minimum Gasteiger partial charge on any atom is -0.304 e. The van der Waals surface area contributed by atoms with E-state index in [0.29, 0.717) is 0 Å². The highest BCUT2D eigenvalue weighted by molar-refractivity contribution is 4.68. The van der Waals surface area contributed by atoms with Gasteiger partial charge in [0.1, 0.15) is 0 Å². The molecule has 16 heavy (non-hydrogen) atoms. The topological polar surface area (TPSA) is 6.48 Å². The van der Waals surface area contributed by atoms with E-state index in [9.17, 15) is 0 Å². The van der Waals surface area contributed by atoms with Gasteiger partial charge in [-0.05, 0) is 25.9 Å². The van der Waals surface area contributed by atoms with Crippen LogP contribution in [0.1, 0.15) is 46.0 Å². The Labute approximate surface area is 102 Å².